The van der Waals surface area contributed by atoms with E-state index in [2.05, 4.69) is 13.8 Å². The third-order valence-corrected chi connectivity index (χ3v) is 4.03. The summed E-state index contributed by atoms with van der Waals surface area (Å²) in [7, 11) is 1.68. The van der Waals surface area contributed by atoms with Gasteiger partial charge in [-0.3, -0.25) is 4.79 Å². The van der Waals surface area contributed by atoms with E-state index in [0.29, 0.717) is 19.2 Å². The predicted molar refractivity (Wildman–Crippen MR) is 73.3 cm³/mol. The molecule has 4 nitrogen and oxygen atoms in total. The van der Waals surface area contributed by atoms with E-state index in [0.717, 1.165) is 32.1 Å². The number of carbonyl (C=O) groups excluding carboxylic acids is 1. The maximum absolute atomic E-state index is 12.6. The lowest BCUT2D eigenvalue weighted by molar-refractivity contribution is -0.138. The summed E-state index contributed by atoms with van der Waals surface area (Å²) < 4.78 is 5.13. The van der Waals surface area contributed by atoms with Crippen LogP contribution in [0.15, 0.2) is 0 Å². The number of ether oxygens (including phenoxy) is 1. The maximum Gasteiger partial charge on any atom is 0.226 e. The maximum atomic E-state index is 12.6. The second-order valence-electron chi connectivity index (χ2n) is 5.26. The summed E-state index contributed by atoms with van der Waals surface area (Å²) in [6.07, 6.45) is 4.79. The van der Waals surface area contributed by atoms with Crippen molar-refractivity contribution in [1.82, 2.24) is 4.90 Å². The molecule has 0 heterocycles. The highest BCUT2D eigenvalue weighted by Crippen LogP contribution is 2.27. The van der Waals surface area contributed by atoms with Gasteiger partial charge in [-0.05, 0) is 32.1 Å². The number of rotatable bonds is 7. The fraction of sp³-hybridized carbons (Fsp3) is 0.929. The number of methoxy groups -OCH3 is 1. The van der Waals surface area contributed by atoms with Crippen LogP contribution in [0.3, 0.4) is 0 Å². The third kappa shape index (κ3) is 3.95. The van der Waals surface area contributed by atoms with Crippen LogP contribution in [0.5, 0.6) is 0 Å². The molecule has 0 aliphatic heterocycles. The largest absolute Gasteiger partial charge is 0.383 e. The average Bonchev–Trinajstić information content (AvgIpc) is 2.80. The molecule has 2 unspecified atom stereocenters. The van der Waals surface area contributed by atoms with Gasteiger partial charge < -0.3 is 15.4 Å². The normalized spacial score (nSPS) is 23.6. The second-order valence-corrected chi connectivity index (χ2v) is 5.26. The van der Waals surface area contributed by atoms with E-state index in [1.165, 1.54) is 0 Å². The van der Waals surface area contributed by atoms with E-state index >= 15 is 0 Å². The van der Waals surface area contributed by atoms with Crippen LogP contribution in [0.2, 0.25) is 0 Å². The van der Waals surface area contributed by atoms with Gasteiger partial charge in [-0.1, -0.05) is 13.8 Å². The van der Waals surface area contributed by atoms with E-state index in [1.807, 2.05) is 4.90 Å². The Bertz CT molecular complexity index is 254. The first kappa shape index (κ1) is 15.4. The van der Waals surface area contributed by atoms with Crippen molar-refractivity contribution in [3.8, 4) is 0 Å². The first-order valence-electron chi connectivity index (χ1n) is 7.18. The van der Waals surface area contributed by atoms with Crippen LogP contribution in [-0.4, -0.2) is 43.2 Å². The molecule has 0 saturated heterocycles. The number of hydrogen-bond donors (Lipinski definition) is 1. The van der Waals surface area contributed by atoms with Crippen molar-refractivity contribution in [2.24, 2.45) is 11.7 Å². The Morgan fingerprint density at radius 1 is 1.39 bits per heavy atom. The number of amides is 1. The Kier molecular flexibility index (Phi) is 6.65. The lowest BCUT2D eigenvalue weighted by Crippen LogP contribution is -2.44. The van der Waals surface area contributed by atoms with Crippen molar-refractivity contribution in [2.45, 2.75) is 58.0 Å². The van der Waals surface area contributed by atoms with Gasteiger partial charge in [0, 0.05) is 31.7 Å². The Balaban J connectivity index is 2.65. The fourth-order valence-electron chi connectivity index (χ4n) is 2.87. The van der Waals surface area contributed by atoms with Crippen molar-refractivity contribution in [2.75, 3.05) is 20.3 Å². The minimum atomic E-state index is 0.137. The Morgan fingerprint density at radius 3 is 2.50 bits per heavy atom. The SMILES string of the molecule is CCC(CC)N(CCOC)C(=O)C1CCC(N)C1. The van der Waals surface area contributed by atoms with Gasteiger partial charge in [-0.25, -0.2) is 0 Å². The number of carbonyl (C=O) groups is 1. The summed E-state index contributed by atoms with van der Waals surface area (Å²) in [6.45, 7) is 5.59. The predicted octanol–water partition coefficient (Wildman–Crippen LogP) is 1.78. The zero-order chi connectivity index (χ0) is 13.5. The highest BCUT2D eigenvalue weighted by molar-refractivity contribution is 5.79. The molecule has 1 rings (SSSR count). The highest BCUT2D eigenvalue weighted by atomic mass is 16.5. The number of hydrogen-bond acceptors (Lipinski definition) is 3. The van der Waals surface area contributed by atoms with Crippen LogP contribution in [0.25, 0.3) is 0 Å². The smallest absolute Gasteiger partial charge is 0.226 e. The monoisotopic (exact) mass is 256 g/mol. The lowest BCUT2D eigenvalue weighted by Gasteiger charge is -2.32. The minimum absolute atomic E-state index is 0.137. The van der Waals surface area contributed by atoms with Crippen LogP contribution in [0.4, 0.5) is 0 Å². The standard InChI is InChI=1S/C14H28N2O2/c1-4-13(5-2)16(8-9-18-3)14(17)11-6-7-12(15)10-11/h11-13H,4-10,15H2,1-3H3. The quantitative estimate of drug-likeness (QED) is 0.755. The molecule has 0 aromatic heterocycles. The number of nitrogens with two attached hydrogens (primary N) is 1. The summed E-state index contributed by atoms with van der Waals surface area (Å²) in [6, 6.07) is 0.550. The van der Waals surface area contributed by atoms with Crippen LogP contribution in [0.1, 0.15) is 46.0 Å². The van der Waals surface area contributed by atoms with Gasteiger partial charge in [0.1, 0.15) is 0 Å². The molecular formula is C14H28N2O2. The summed E-state index contributed by atoms with van der Waals surface area (Å²) in [5, 5.41) is 0. The molecule has 0 aromatic carbocycles. The molecule has 0 aromatic rings. The van der Waals surface area contributed by atoms with Crippen LogP contribution in [0, 0.1) is 5.92 Å². The van der Waals surface area contributed by atoms with Gasteiger partial charge >= 0.3 is 0 Å². The van der Waals surface area contributed by atoms with Gasteiger partial charge in [-0.15, -0.1) is 0 Å². The summed E-state index contributed by atoms with van der Waals surface area (Å²) in [4.78, 5) is 14.6. The molecule has 106 valence electrons. The first-order valence-corrected chi connectivity index (χ1v) is 7.18. The molecule has 1 aliphatic carbocycles. The summed E-state index contributed by atoms with van der Waals surface area (Å²) >= 11 is 0. The van der Waals surface area contributed by atoms with Crippen molar-refractivity contribution in [1.29, 1.82) is 0 Å². The first-order chi connectivity index (χ1) is 8.63. The Hall–Kier alpha value is -0.610. The molecule has 4 heteroatoms. The van der Waals surface area contributed by atoms with Crippen LogP contribution in [-0.2, 0) is 9.53 Å². The van der Waals surface area contributed by atoms with E-state index in [-0.39, 0.29) is 17.9 Å². The zero-order valence-corrected chi connectivity index (χ0v) is 12.0. The van der Waals surface area contributed by atoms with Crippen molar-refractivity contribution >= 4 is 5.91 Å². The number of nitrogens with zero attached hydrogens (tertiary/aromatic N) is 1. The highest BCUT2D eigenvalue weighted by Gasteiger charge is 2.32. The van der Waals surface area contributed by atoms with Crippen molar-refractivity contribution < 1.29 is 9.53 Å². The third-order valence-electron chi connectivity index (χ3n) is 4.03. The van der Waals surface area contributed by atoms with Gasteiger partial charge in [0.15, 0.2) is 0 Å². The van der Waals surface area contributed by atoms with E-state index < -0.39 is 0 Å². The zero-order valence-electron chi connectivity index (χ0n) is 12.0. The van der Waals surface area contributed by atoms with Gasteiger partial charge in [-0.2, -0.15) is 0 Å². The van der Waals surface area contributed by atoms with Crippen molar-refractivity contribution in [3.05, 3.63) is 0 Å². The van der Waals surface area contributed by atoms with Crippen LogP contribution >= 0.6 is 0 Å². The topological polar surface area (TPSA) is 55.6 Å². The van der Waals surface area contributed by atoms with Gasteiger partial charge in [0.25, 0.3) is 0 Å². The molecule has 2 atom stereocenters. The van der Waals surface area contributed by atoms with E-state index in [1.54, 1.807) is 7.11 Å². The van der Waals surface area contributed by atoms with Gasteiger partial charge in [0.2, 0.25) is 5.91 Å². The average molecular weight is 256 g/mol. The Morgan fingerprint density at radius 2 is 2.06 bits per heavy atom. The molecule has 18 heavy (non-hydrogen) atoms. The Labute approximate surface area is 111 Å². The molecule has 1 aliphatic rings. The van der Waals surface area contributed by atoms with Gasteiger partial charge in [0.05, 0.1) is 6.61 Å². The molecular weight excluding hydrogens is 228 g/mol. The molecule has 1 saturated carbocycles. The van der Waals surface area contributed by atoms with Crippen LogP contribution < -0.4 is 5.73 Å². The fourth-order valence-corrected chi connectivity index (χ4v) is 2.87. The molecule has 0 bridgehead atoms. The molecule has 1 amide bonds. The van der Waals surface area contributed by atoms with E-state index in [9.17, 15) is 4.79 Å². The second kappa shape index (κ2) is 7.74. The van der Waals surface area contributed by atoms with Crippen molar-refractivity contribution in [3.63, 3.8) is 0 Å². The minimum Gasteiger partial charge on any atom is -0.383 e. The molecule has 2 N–H and O–H groups in total. The summed E-state index contributed by atoms with van der Waals surface area (Å²) in [5.74, 6) is 0.422. The van der Waals surface area contributed by atoms with E-state index in [4.69, 9.17) is 10.5 Å². The summed E-state index contributed by atoms with van der Waals surface area (Å²) in [5.41, 5.74) is 5.91. The molecule has 0 spiro atoms. The molecule has 0 radical (unpaired) electrons. The lowest BCUT2D eigenvalue weighted by atomic mass is 10.0. The molecule has 1 fully saturated rings.